The highest BCUT2D eigenvalue weighted by atomic mass is 127. The molecule has 2 aromatic carbocycles. The van der Waals surface area contributed by atoms with Crippen LogP contribution in [0.4, 0.5) is 0 Å². The molecular weight excluding hydrogens is 519 g/mol. The number of nitrogens with one attached hydrogen (secondary N) is 2. The van der Waals surface area contributed by atoms with Crippen molar-refractivity contribution in [2.45, 2.75) is 33.4 Å². The van der Waals surface area contributed by atoms with Crippen LogP contribution in [0.15, 0.2) is 47.5 Å². The fourth-order valence-corrected chi connectivity index (χ4v) is 3.03. The molecule has 0 aromatic heterocycles. The van der Waals surface area contributed by atoms with Crippen LogP contribution in [0, 0.1) is 0 Å². The molecule has 0 aliphatic rings. The molecule has 0 saturated carbocycles. The minimum Gasteiger partial charge on any atom is -0.490 e. The number of carbonyl (C=O) groups excluding carboxylic acids is 1. The molecule has 0 aliphatic heterocycles. The molecule has 7 nitrogen and oxygen atoms in total. The summed E-state index contributed by atoms with van der Waals surface area (Å²) in [7, 11) is 5.23. The number of ether oxygens (including phenoxy) is 2. The third-order valence-corrected chi connectivity index (χ3v) is 4.71. The Morgan fingerprint density at radius 1 is 1.03 bits per heavy atom. The fraction of sp³-hybridized carbons (Fsp3) is 0.417. The highest BCUT2D eigenvalue weighted by molar-refractivity contribution is 14.0. The van der Waals surface area contributed by atoms with Gasteiger partial charge in [0.05, 0.1) is 19.3 Å². The zero-order valence-corrected chi connectivity index (χ0v) is 22.1. The van der Waals surface area contributed by atoms with E-state index in [2.05, 4.69) is 22.5 Å². The SMILES string of the molecule is CCOc1ccc(C(C)NC(=NC)NCc2ccc(C(=O)N(C)C)cc2)cc1OCC.I. The van der Waals surface area contributed by atoms with Crippen molar-refractivity contribution in [1.82, 2.24) is 15.5 Å². The van der Waals surface area contributed by atoms with Crippen LogP contribution in [-0.4, -0.2) is 51.1 Å². The molecule has 32 heavy (non-hydrogen) atoms. The molecule has 0 aliphatic carbocycles. The third kappa shape index (κ3) is 7.89. The van der Waals surface area contributed by atoms with Crippen molar-refractivity contribution in [3.05, 3.63) is 59.2 Å². The molecule has 176 valence electrons. The van der Waals surface area contributed by atoms with Gasteiger partial charge in [-0.15, -0.1) is 24.0 Å². The van der Waals surface area contributed by atoms with E-state index < -0.39 is 0 Å². The summed E-state index contributed by atoms with van der Waals surface area (Å²) in [5.74, 6) is 2.17. The van der Waals surface area contributed by atoms with Gasteiger partial charge in [-0.1, -0.05) is 18.2 Å². The summed E-state index contributed by atoms with van der Waals surface area (Å²) in [5.41, 5.74) is 2.80. The van der Waals surface area contributed by atoms with E-state index >= 15 is 0 Å². The summed E-state index contributed by atoms with van der Waals surface area (Å²) in [6.45, 7) is 7.74. The van der Waals surface area contributed by atoms with Crippen LogP contribution in [0.1, 0.15) is 48.3 Å². The van der Waals surface area contributed by atoms with Gasteiger partial charge in [-0.05, 0) is 56.2 Å². The first-order chi connectivity index (χ1) is 14.9. The van der Waals surface area contributed by atoms with Gasteiger partial charge in [-0.3, -0.25) is 9.79 Å². The van der Waals surface area contributed by atoms with E-state index in [0.29, 0.717) is 31.3 Å². The summed E-state index contributed by atoms with van der Waals surface area (Å²) in [6.07, 6.45) is 0. The molecule has 1 atom stereocenters. The van der Waals surface area contributed by atoms with Crippen LogP contribution in [-0.2, 0) is 6.54 Å². The monoisotopic (exact) mass is 554 g/mol. The van der Waals surface area contributed by atoms with Crippen molar-refractivity contribution < 1.29 is 14.3 Å². The zero-order valence-electron chi connectivity index (χ0n) is 19.8. The standard InChI is InChI=1S/C24H34N4O3.HI/c1-7-30-21-14-13-20(15-22(21)31-8-2)17(3)27-24(25-4)26-16-18-9-11-19(12-10-18)23(29)28(5)6;/h9-15,17H,7-8,16H2,1-6H3,(H2,25,26,27);1H. The number of benzene rings is 2. The van der Waals surface area contributed by atoms with Gasteiger partial charge >= 0.3 is 0 Å². The molecule has 2 aromatic rings. The Bertz CT molecular complexity index is 885. The van der Waals surface area contributed by atoms with Crippen LogP contribution in [0.2, 0.25) is 0 Å². The molecule has 2 rings (SSSR count). The number of hydrogen-bond donors (Lipinski definition) is 2. The molecule has 2 N–H and O–H groups in total. The van der Waals surface area contributed by atoms with E-state index in [-0.39, 0.29) is 35.9 Å². The minimum absolute atomic E-state index is 0. The summed E-state index contributed by atoms with van der Waals surface area (Å²) >= 11 is 0. The molecule has 0 fully saturated rings. The highest BCUT2D eigenvalue weighted by Crippen LogP contribution is 2.30. The Morgan fingerprint density at radius 2 is 1.66 bits per heavy atom. The van der Waals surface area contributed by atoms with Gasteiger partial charge in [0.25, 0.3) is 5.91 Å². The van der Waals surface area contributed by atoms with Gasteiger partial charge in [-0.25, -0.2) is 0 Å². The maximum atomic E-state index is 12.0. The van der Waals surface area contributed by atoms with Gasteiger partial charge in [0.15, 0.2) is 17.5 Å². The average Bonchev–Trinajstić information content (AvgIpc) is 2.77. The predicted octanol–water partition coefficient (Wildman–Crippen LogP) is 4.23. The fourth-order valence-electron chi connectivity index (χ4n) is 3.03. The number of halogens is 1. The van der Waals surface area contributed by atoms with Crippen molar-refractivity contribution in [1.29, 1.82) is 0 Å². The molecule has 1 unspecified atom stereocenters. The first-order valence-electron chi connectivity index (χ1n) is 10.6. The van der Waals surface area contributed by atoms with Crippen LogP contribution in [0.25, 0.3) is 0 Å². The predicted molar refractivity (Wildman–Crippen MR) is 140 cm³/mol. The van der Waals surface area contributed by atoms with Crippen LogP contribution < -0.4 is 20.1 Å². The molecule has 8 heteroatoms. The Kier molecular flexibility index (Phi) is 11.9. The first kappa shape index (κ1) is 27.5. The van der Waals surface area contributed by atoms with Gasteiger partial charge < -0.3 is 25.0 Å². The van der Waals surface area contributed by atoms with Gasteiger partial charge in [0, 0.05) is 33.3 Å². The van der Waals surface area contributed by atoms with E-state index in [4.69, 9.17) is 9.47 Å². The number of aliphatic imine (C=N–C) groups is 1. The third-order valence-electron chi connectivity index (χ3n) is 4.71. The van der Waals surface area contributed by atoms with Crippen molar-refractivity contribution in [3.8, 4) is 11.5 Å². The van der Waals surface area contributed by atoms with E-state index in [1.54, 1.807) is 26.0 Å². The number of rotatable bonds is 9. The molecule has 0 heterocycles. The lowest BCUT2D eigenvalue weighted by Crippen LogP contribution is -2.38. The van der Waals surface area contributed by atoms with Gasteiger partial charge in [-0.2, -0.15) is 0 Å². The quantitative estimate of drug-likeness (QED) is 0.276. The smallest absolute Gasteiger partial charge is 0.253 e. The van der Waals surface area contributed by atoms with E-state index in [9.17, 15) is 4.79 Å². The second kappa shape index (κ2) is 13.8. The Balaban J connectivity index is 0.00000512. The lowest BCUT2D eigenvalue weighted by molar-refractivity contribution is 0.0827. The van der Waals surface area contributed by atoms with E-state index in [0.717, 1.165) is 22.6 Å². The maximum absolute atomic E-state index is 12.0. The molecule has 0 saturated heterocycles. The maximum Gasteiger partial charge on any atom is 0.253 e. The number of amides is 1. The number of carbonyl (C=O) groups is 1. The van der Waals surface area contributed by atoms with E-state index in [1.807, 2.05) is 56.3 Å². The second-order valence-corrected chi connectivity index (χ2v) is 7.26. The van der Waals surface area contributed by atoms with Crippen molar-refractivity contribution in [3.63, 3.8) is 0 Å². The molecule has 0 spiro atoms. The molecule has 0 bridgehead atoms. The topological polar surface area (TPSA) is 75.2 Å². The molecule has 0 radical (unpaired) electrons. The van der Waals surface area contributed by atoms with Crippen LogP contribution in [0.3, 0.4) is 0 Å². The lowest BCUT2D eigenvalue weighted by Gasteiger charge is -2.20. The van der Waals surface area contributed by atoms with Crippen molar-refractivity contribution in [2.75, 3.05) is 34.4 Å². The summed E-state index contributed by atoms with van der Waals surface area (Å²) < 4.78 is 11.4. The largest absolute Gasteiger partial charge is 0.490 e. The summed E-state index contributed by atoms with van der Waals surface area (Å²) in [4.78, 5) is 17.9. The number of guanidine groups is 1. The highest BCUT2D eigenvalue weighted by Gasteiger charge is 2.13. The summed E-state index contributed by atoms with van der Waals surface area (Å²) in [5, 5.41) is 6.72. The summed E-state index contributed by atoms with van der Waals surface area (Å²) in [6, 6.07) is 13.6. The Hall–Kier alpha value is -2.49. The molecule has 1 amide bonds. The lowest BCUT2D eigenvalue weighted by atomic mass is 10.1. The number of nitrogens with zero attached hydrogens (tertiary/aromatic N) is 2. The van der Waals surface area contributed by atoms with Crippen molar-refractivity contribution in [2.24, 2.45) is 4.99 Å². The molecular formula is C24H35IN4O3. The minimum atomic E-state index is -0.00686. The van der Waals surface area contributed by atoms with Gasteiger partial charge in [0.1, 0.15) is 0 Å². The second-order valence-electron chi connectivity index (χ2n) is 7.26. The first-order valence-corrected chi connectivity index (χ1v) is 10.6. The van der Waals surface area contributed by atoms with Gasteiger partial charge in [0.2, 0.25) is 0 Å². The van der Waals surface area contributed by atoms with Crippen LogP contribution in [0.5, 0.6) is 11.5 Å². The Morgan fingerprint density at radius 3 is 2.22 bits per heavy atom. The van der Waals surface area contributed by atoms with Crippen molar-refractivity contribution >= 4 is 35.8 Å². The zero-order chi connectivity index (χ0) is 22.8. The normalized spacial score (nSPS) is 11.8. The van der Waals surface area contributed by atoms with E-state index in [1.165, 1.54) is 0 Å². The average molecular weight is 554 g/mol. The Labute approximate surface area is 208 Å². The van der Waals surface area contributed by atoms with Crippen LogP contribution >= 0.6 is 24.0 Å². The number of hydrogen-bond acceptors (Lipinski definition) is 4.